The first-order valence-electron chi connectivity index (χ1n) is 17.5. The molecule has 4 heteroatoms. The van der Waals surface area contributed by atoms with Crippen LogP contribution in [0.5, 0.6) is 0 Å². The molecule has 0 saturated heterocycles. The van der Waals surface area contributed by atoms with Crippen molar-refractivity contribution in [1.82, 2.24) is 0 Å². The molecular weight excluding hydrogens is 492 g/mol. The number of hydrogen-bond donors (Lipinski definition) is 1. The Kier molecular flexibility index (Phi) is 28.0. The molecular formula is C36H73N2O2+. The highest BCUT2D eigenvalue weighted by atomic mass is 16.5. The maximum absolute atomic E-state index is 6.94. The highest BCUT2D eigenvalue weighted by molar-refractivity contribution is 4.82. The molecule has 0 bridgehead atoms. The molecule has 0 aromatic heterocycles. The monoisotopic (exact) mass is 566 g/mol. The summed E-state index contributed by atoms with van der Waals surface area (Å²) in [5.41, 5.74) is 5.87. The highest BCUT2D eigenvalue weighted by Gasteiger charge is 2.26. The van der Waals surface area contributed by atoms with Crippen molar-refractivity contribution in [2.75, 3.05) is 40.3 Å². The highest BCUT2D eigenvalue weighted by Crippen LogP contribution is 2.20. The van der Waals surface area contributed by atoms with Crippen LogP contribution in [0.2, 0.25) is 0 Å². The molecule has 0 aromatic rings. The Morgan fingerprint density at radius 2 is 1.02 bits per heavy atom. The van der Waals surface area contributed by atoms with Crippen molar-refractivity contribution in [2.24, 2.45) is 5.73 Å². The molecule has 2 N–H and O–H groups in total. The van der Waals surface area contributed by atoms with E-state index in [-0.39, 0.29) is 6.10 Å². The number of hydrogen-bond acceptors (Lipinski definition) is 3. The topological polar surface area (TPSA) is 44.5 Å². The smallest absolute Gasteiger partial charge is 0.130 e. The lowest BCUT2D eigenvalue weighted by molar-refractivity contribution is -0.893. The first-order valence-corrected chi connectivity index (χ1v) is 17.5. The second-order valence-electron chi connectivity index (χ2n) is 12.7. The number of likely N-dealkylation sites (N-methyl/N-ethyl adjacent to an activating group) is 1. The summed E-state index contributed by atoms with van der Waals surface area (Å²) in [4.78, 5) is 0. The number of nitrogens with two attached hydrogens (primary N) is 1. The molecule has 238 valence electrons. The van der Waals surface area contributed by atoms with E-state index in [1.807, 2.05) is 0 Å². The summed E-state index contributed by atoms with van der Waals surface area (Å²) >= 11 is 0. The number of nitrogens with zero attached hydrogens (tertiary/aromatic N) is 1. The Bertz CT molecular complexity index is 575. The number of rotatable bonds is 30. The van der Waals surface area contributed by atoms with Crippen molar-refractivity contribution in [3.63, 3.8) is 0 Å². The minimum Gasteiger partial charge on any atom is -0.375 e. The number of ether oxygens (including phenoxy) is 2. The lowest BCUT2D eigenvalue weighted by atomic mass is 10.0. The lowest BCUT2D eigenvalue weighted by Crippen LogP contribution is -2.49. The molecule has 0 saturated carbocycles. The summed E-state index contributed by atoms with van der Waals surface area (Å²) < 4.78 is 14.6. The summed E-state index contributed by atoms with van der Waals surface area (Å²) in [5, 5.41) is 0. The summed E-state index contributed by atoms with van der Waals surface area (Å²) in [5.74, 6) is 0. The number of quaternary nitrogens is 1. The zero-order valence-corrected chi connectivity index (χ0v) is 28.1. The summed E-state index contributed by atoms with van der Waals surface area (Å²) in [6.45, 7) is 12.6. The zero-order valence-electron chi connectivity index (χ0n) is 28.1. The molecule has 0 aromatic carbocycles. The lowest BCUT2D eigenvalue weighted by Gasteiger charge is -2.35. The van der Waals surface area contributed by atoms with Crippen LogP contribution >= 0.6 is 0 Å². The van der Waals surface area contributed by atoms with Crippen LogP contribution in [0.4, 0.5) is 0 Å². The van der Waals surface area contributed by atoms with Crippen molar-refractivity contribution in [3.8, 4) is 0 Å². The van der Waals surface area contributed by atoms with Gasteiger partial charge in [0.15, 0.2) is 0 Å². The maximum Gasteiger partial charge on any atom is 0.130 e. The van der Waals surface area contributed by atoms with Crippen LogP contribution in [-0.2, 0) is 9.47 Å². The van der Waals surface area contributed by atoms with Gasteiger partial charge in [0.05, 0.1) is 39.5 Å². The molecule has 0 fully saturated rings. The standard InChI is InChI=1S/C36H73N2O2/c1-7-11-15-17-19-21-23-28-34(26-13-9-3)39-33-36(32-38(5,6)31-25-30-37)40-35(27-14-10-4)29-24-22-20-18-16-12-8-2/h17-20,34-36H,7-16,21-33,37H2,1-6H3/q+1/t34-,35-,36?/m1/s1. The number of unbranched alkanes of at least 4 members (excludes halogenated alkanes) is 8. The third kappa shape index (κ3) is 25.1. The molecule has 40 heavy (non-hydrogen) atoms. The van der Waals surface area contributed by atoms with E-state index in [9.17, 15) is 0 Å². The van der Waals surface area contributed by atoms with Gasteiger partial charge in [0.2, 0.25) is 0 Å². The van der Waals surface area contributed by atoms with Crippen LogP contribution in [0.15, 0.2) is 24.3 Å². The van der Waals surface area contributed by atoms with Crippen LogP contribution in [0.25, 0.3) is 0 Å². The van der Waals surface area contributed by atoms with Gasteiger partial charge in [0.25, 0.3) is 0 Å². The van der Waals surface area contributed by atoms with Gasteiger partial charge in [-0.25, -0.2) is 0 Å². The van der Waals surface area contributed by atoms with Crippen LogP contribution < -0.4 is 5.73 Å². The number of allylic oxidation sites excluding steroid dienone is 4. The Hall–Kier alpha value is -0.680. The summed E-state index contributed by atoms with van der Waals surface area (Å²) in [6, 6.07) is 0. The van der Waals surface area contributed by atoms with Gasteiger partial charge in [-0.15, -0.1) is 0 Å². The second-order valence-corrected chi connectivity index (χ2v) is 12.7. The van der Waals surface area contributed by atoms with E-state index >= 15 is 0 Å². The zero-order chi connectivity index (χ0) is 29.7. The predicted octanol–water partition coefficient (Wildman–Crippen LogP) is 9.76. The quantitative estimate of drug-likeness (QED) is 0.0535. The van der Waals surface area contributed by atoms with Crippen molar-refractivity contribution >= 4 is 0 Å². The third-order valence-electron chi connectivity index (χ3n) is 7.90. The van der Waals surface area contributed by atoms with Gasteiger partial charge in [-0.2, -0.15) is 0 Å². The Morgan fingerprint density at radius 3 is 1.52 bits per heavy atom. The van der Waals surface area contributed by atoms with Gasteiger partial charge in [-0.3, -0.25) is 0 Å². The van der Waals surface area contributed by atoms with Gasteiger partial charge >= 0.3 is 0 Å². The van der Waals surface area contributed by atoms with E-state index in [2.05, 4.69) is 66.1 Å². The third-order valence-corrected chi connectivity index (χ3v) is 7.90. The largest absolute Gasteiger partial charge is 0.375 e. The van der Waals surface area contributed by atoms with Crippen LogP contribution in [0, 0.1) is 0 Å². The van der Waals surface area contributed by atoms with Gasteiger partial charge in [0.1, 0.15) is 12.6 Å². The van der Waals surface area contributed by atoms with Crippen LogP contribution in [0.3, 0.4) is 0 Å². The molecule has 0 heterocycles. The average Bonchev–Trinajstić information content (AvgIpc) is 2.94. The normalized spacial score (nSPS) is 14.9. The van der Waals surface area contributed by atoms with Crippen LogP contribution in [0.1, 0.15) is 150 Å². The Labute approximate surface area is 252 Å². The van der Waals surface area contributed by atoms with E-state index in [1.165, 1.54) is 89.9 Å². The molecule has 0 rings (SSSR count). The maximum atomic E-state index is 6.94. The summed E-state index contributed by atoms with van der Waals surface area (Å²) in [7, 11) is 4.65. The van der Waals surface area contributed by atoms with Crippen molar-refractivity contribution in [2.45, 2.75) is 168 Å². The minimum absolute atomic E-state index is 0.132. The molecule has 0 spiro atoms. The molecule has 1 unspecified atom stereocenters. The van der Waals surface area contributed by atoms with Gasteiger partial charge in [-0.05, 0) is 70.8 Å². The van der Waals surface area contributed by atoms with E-state index in [1.54, 1.807) is 0 Å². The Balaban J connectivity index is 5.19. The predicted molar refractivity (Wildman–Crippen MR) is 178 cm³/mol. The van der Waals surface area contributed by atoms with Gasteiger partial charge in [0, 0.05) is 6.42 Å². The molecule has 3 atom stereocenters. The second kappa shape index (κ2) is 28.4. The molecule has 4 nitrogen and oxygen atoms in total. The van der Waals surface area contributed by atoms with E-state index in [4.69, 9.17) is 15.2 Å². The average molecular weight is 566 g/mol. The fraction of sp³-hybridized carbons (Fsp3) is 0.889. The van der Waals surface area contributed by atoms with E-state index in [0.717, 1.165) is 56.2 Å². The Morgan fingerprint density at radius 1 is 0.575 bits per heavy atom. The van der Waals surface area contributed by atoms with Crippen molar-refractivity contribution in [3.05, 3.63) is 24.3 Å². The van der Waals surface area contributed by atoms with Gasteiger partial charge in [-0.1, -0.05) is 103 Å². The molecule has 0 aliphatic heterocycles. The summed E-state index contributed by atoms with van der Waals surface area (Å²) in [6.07, 6.45) is 33.3. The minimum atomic E-state index is 0.132. The SMILES string of the molecule is CCCCC=CCCC[C@@H](CCCC)OCC(C[N+](C)(C)CCCN)O[C@H](CCCC)CCCC=CCCCC. The first kappa shape index (κ1) is 39.3. The molecule has 0 radical (unpaired) electrons. The first-order chi connectivity index (χ1) is 19.4. The fourth-order valence-electron chi connectivity index (χ4n) is 5.31. The molecule has 0 aliphatic carbocycles. The fourth-order valence-corrected chi connectivity index (χ4v) is 5.31. The molecule has 0 aliphatic rings. The molecule has 0 amide bonds. The van der Waals surface area contributed by atoms with Gasteiger partial charge < -0.3 is 19.7 Å². The van der Waals surface area contributed by atoms with Crippen LogP contribution in [-0.4, -0.2) is 63.1 Å². The van der Waals surface area contributed by atoms with Crippen molar-refractivity contribution < 1.29 is 14.0 Å². The van der Waals surface area contributed by atoms with E-state index in [0.29, 0.717) is 18.8 Å². The van der Waals surface area contributed by atoms with E-state index < -0.39 is 0 Å². The van der Waals surface area contributed by atoms with Crippen molar-refractivity contribution in [1.29, 1.82) is 0 Å².